The number of rotatable bonds is 6. The van der Waals surface area contributed by atoms with Gasteiger partial charge in [0, 0.05) is 17.1 Å². The van der Waals surface area contributed by atoms with E-state index in [-0.39, 0.29) is 28.7 Å². The number of hydrogen-bond donors (Lipinski definition) is 1. The second-order valence-corrected chi connectivity index (χ2v) is 11.0. The number of amides is 1. The Kier molecular flexibility index (Phi) is 6.32. The molecule has 0 radical (unpaired) electrons. The summed E-state index contributed by atoms with van der Waals surface area (Å²) in [4.78, 5) is 22.2. The van der Waals surface area contributed by atoms with Crippen molar-refractivity contribution in [3.63, 3.8) is 0 Å². The van der Waals surface area contributed by atoms with Gasteiger partial charge in [-0.25, -0.2) is 13.4 Å². The molecule has 3 rings (SSSR count). The van der Waals surface area contributed by atoms with E-state index in [0.717, 1.165) is 15.7 Å². The Hall–Kier alpha value is -1.32. The summed E-state index contributed by atoms with van der Waals surface area (Å²) in [6.07, 6.45) is 2.28. The fourth-order valence-corrected chi connectivity index (χ4v) is 6.05. The molecule has 1 fully saturated rings. The molecule has 1 aromatic carbocycles. The minimum atomic E-state index is -3.02. The second kappa shape index (κ2) is 8.36. The molecule has 146 valence electrons. The van der Waals surface area contributed by atoms with Gasteiger partial charge >= 0.3 is 0 Å². The van der Waals surface area contributed by atoms with Crippen molar-refractivity contribution < 1.29 is 13.2 Å². The molecule has 0 spiro atoms. The Morgan fingerprint density at radius 1 is 1.41 bits per heavy atom. The third kappa shape index (κ3) is 4.94. The number of halogens is 1. The number of H-pyrrole nitrogens is 1. The predicted molar refractivity (Wildman–Crippen MR) is 111 cm³/mol. The molecule has 6 nitrogen and oxygen atoms in total. The molecule has 1 aliphatic heterocycles. The van der Waals surface area contributed by atoms with E-state index in [1.54, 1.807) is 11.1 Å². The summed E-state index contributed by atoms with van der Waals surface area (Å²) in [7, 11) is -3.02. The van der Waals surface area contributed by atoms with Crippen molar-refractivity contribution in [2.24, 2.45) is 0 Å². The minimum absolute atomic E-state index is 0.0498. The van der Waals surface area contributed by atoms with Gasteiger partial charge in [0.25, 0.3) is 0 Å². The van der Waals surface area contributed by atoms with E-state index in [2.05, 4.69) is 25.9 Å². The predicted octanol–water partition coefficient (Wildman–Crippen LogP) is 3.36. The number of nitrogens with zero attached hydrogens (tertiary/aromatic N) is 2. The molecule has 27 heavy (non-hydrogen) atoms. The van der Waals surface area contributed by atoms with Gasteiger partial charge in [-0.3, -0.25) is 4.79 Å². The van der Waals surface area contributed by atoms with Crippen LogP contribution in [0, 0.1) is 0 Å². The molecule has 1 N–H and O–H groups in total. The van der Waals surface area contributed by atoms with Gasteiger partial charge in [0.05, 0.1) is 28.6 Å². The average Bonchev–Trinajstić information content (AvgIpc) is 3.22. The van der Waals surface area contributed by atoms with E-state index in [9.17, 15) is 13.2 Å². The summed E-state index contributed by atoms with van der Waals surface area (Å²) < 4.78 is 24.5. The molecular weight excluding hydrogens is 450 g/mol. The molecule has 1 aliphatic rings. The Bertz CT molecular complexity index is 912. The monoisotopic (exact) mass is 471 g/mol. The largest absolute Gasteiger partial charge is 0.338 e. The number of aromatic nitrogens is 2. The lowest BCUT2D eigenvalue weighted by Crippen LogP contribution is -2.44. The van der Waals surface area contributed by atoms with Crippen molar-refractivity contribution in [3.05, 3.63) is 34.9 Å². The highest BCUT2D eigenvalue weighted by Gasteiger charge is 2.35. The quantitative estimate of drug-likeness (QED) is 0.652. The maximum Gasteiger partial charge on any atom is 0.236 e. The van der Waals surface area contributed by atoms with Gasteiger partial charge in [0.15, 0.2) is 15.0 Å². The molecule has 2 heterocycles. The smallest absolute Gasteiger partial charge is 0.236 e. The normalized spacial score (nSPS) is 19.7. The molecular formula is C18H22BrN3O3S2. The number of nitrogens with one attached hydrogen (secondary N) is 1. The van der Waals surface area contributed by atoms with Gasteiger partial charge in [-0.2, -0.15) is 0 Å². The standard InChI is InChI=1S/C18H22BrN3O3S2/c1-3-22(15-8-9-27(24,25)11-15)17(23)12(2)26-18-20-10-16(21-18)13-4-6-14(19)7-5-13/h4-7,10,12,15H,3,8-9,11H2,1-2H3,(H,20,21)/t12-,15+/m0/s1. The van der Waals surface area contributed by atoms with E-state index >= 15 is 0 Å². The van der Waals surface area contributed by atoms with Crippen molar-refractivity contribution in [1.82, 2.24) is 14.9 Å². The first kappa shape index (κ1) is 20.4. The van der Waals surface area contributed by atoms with Crippen LogP contribution < -0.4 is 0 Å². The minimum Gasteiger partial charge on any atom is -0.338 e. The van der Waals surface area contributed by atoms with Crippen molar-refractivity contribution >= 4 is 43.4 Å². The number of sulfone groups is 1. The maximum absolute atomic E-state index is 12.9. The lowest BCUT2D eigenvalue weighted by Gasteiger charge is -2.29. The maximum atomic E-state index is 12.9. The van der Waals surface area contributed by atoms with Crippen LogP contribution in [0.2, 0.25) is 0 Å². The van der Waals surface area contributed by atoms with E-state index in [4.69, 9.17) is 0 Å². The van der Waals surface area contributed by atoms with Gasteiger partial charge in [0.2, 0.25) is 5.91 Å². The second-order valence-electron chi connectivity index (χ2n) is 6.55. The van der Waals surface area contributed by atoms with Gasteiger partial charge in [-0.05, 0) is 38.0 Å². The van der Waals surface area contributed by atoms with Gasteiger partial charge in [-0.1, -0.05) is 39.8 Å². The molecule has 2 aromatic rings. The number of carbonyl (C=O) groups excluding carboxylic acids is 1. The van der Waals surface area contributed by atoms with Crippen molar-refractivity contribution in [3.8, 4) is 11.3 Å². The van der Waals surface area contributed by atoms with E-state index in [1.807, 2.05) is 38.1 Å². The number of carbonyl (C=O) groups is 1. The van der Waals surface area contributed by atoms with Crippen molar-refractivity contribution in [1.29, 1.82) is 0 Å². The van der Waals surface area contributed by atoms with E-state index in [0.29, 0.717) is 18.1 Å². The van der Waals surface area contributed by atoms with Gasteiger partial charge in [0.1, 0.15) is 0 Å². The summed E-state index contributed by atoms with van der Waals surface area (Å²) in [5.74, 6) is 0.182. The molecule has 2 atom stereocenters. The third-order valence-corrected chi connectivity index (χ3v) is 7.88. The topological polar surface area (TPSA) is 83.1 Å². The highest BCUT2D eigenvalue weighted by atomic mass is 79.9. The summed E-state index contributed by atoms with van der Waals surface area (Å²) in [5.41, 5.74) is 1.90. The fourth-order valence-electron chi connectivity index (χ4n) is 3.21. The summed E-state index contributed by atoms with van der Waals surface area (Å²) >= 11 is 4.77. The number of benzene rings is 1. The van der Waals surface area contributed by atoms with Crippen LogP contribution in [0.3, 0.4) is 0 Å². The zero-order valence-electron chi connectivity index (χ0n) is 15.2. The van der Waals surface area contributed by atoms with Crippen LogP contribution in [-0.4, -0.2) is 58.5 Å². The average molecular weight is 472 g/mol. The molecule has 0 bridgehead atoms. The summed E-state index contributed by atoms with van der Waals surface area (Å²) in [6, 6.07) is 7.68. The Morgan fingerprint density at radius 2 is 2.11 bits per heavy atom. The number of aromatic amines is 1. The fraction of sp³-hybridized carbons (Fsp3) is 0.444. The van der Waals surface area contributed by atoms with Crippen LogP contribution in [-0.2, 0) is 14.6 Å². The van der Waals surface area contributed by atoms with Gasteiger partial charge in [-0.15, -0.1) is 0 Å². The third-order valence-electron chi connectivity index (χ3n) is 4.62. The highest BCUT2D eigenvalue weighted by molar-refractivity contribution is 9.10. The molecule has 0 unspecified atom stereocenters. The van der Waals surface area contributed by atoms with Crippen LogP contribution in [0.25, 0.3) is 11.3 Å². The first-order valence-corrected chi connectivity index (χ1v) is 12.3. The number of imidazole rings is 1. The highest BCUT2D eigenvalue weighted by Crippen LogP contribution is 2.27. The lowest BCUT2D eigenvalue weighted by molar-refractivity contribution is -0.131. The molecule has 0 saturated carbocycles. The van der Waals surface area contributed by atoms with Crippen LogP contribution in [0.1, 0.15) is 20.3 Å². The van der Waals surface area contributed by atoms with Gasteiger partial charge < -0.3 is 9.88 Å². The first-order valence-electron chi connectivity index (χ1n) is 8.77. The van der Waals surface area contributed by atoms with Crippen LogP contribution in [0.15, 0.2) is 40.1 Å². The Labute approximate surface area is 172 Å². The molecule has 1 aromatic heterocycles. The molecule has 0 aliphatic carbocycles. The van der Waals surface area contributed by atoms with E-state index < -0.39 is 9.84 Å². The molecule has 1 saturated heterocycles. The zero-order chi connectivity index (χ0) is 19.6. The Balaban J connectivity index is 1.66. The van der Waals surface area contributed by atoms with Crippen LogP contribution in [0.4, 0.5) is 0 Å². The van der Waals surface area contributed by atoms with Crippen molar-refractivity contribution in [2.45, 2.75) is 36.7 Å². The van der Waals surface area contributed by atoms with Crippen molar-refractivity contribution in [2.75, 3.05) is 18.1 Å². The van der Waals surface area contributed by atoms with E-state index in [1.165, 1.54) is 11.8 Å². The Morgan fingerprint density at radius 3 is 2.70 bits per heavy atom. The van der Waals surface area contributed by atoms with Crippen LogP contribution >= 0.6 is 27.7 Å². The molecule has 1 amide bonds. The summed E-state index contributed by atoms with van der Waals surface area (Å²) in [6.45, 7) is 4.23. The number of thioether (sulfide) groups is 1. The first-order chi connectivity index (χ1) is 12.8. The lowest BCUT2D eigenvalue weighted by atomic mass is 10.2. The summed E-state index contributed by atoms with van der Waals surface area (Å²) in [5, 5.41) is 0.320. The number of hydrogen-bond acceptors (Lipinski definition) is 5. The zero-order valence-corrected chi connectivity index (χ0v) is 18.4. The molecule has 9 heteroatoms. The SMILES string of the molecule is CCN(C(=O)[C@H](C)Sc1ncc(-c2ccc(Br)cc2)[nH]1)[C@@H]1CCS(=O)(=O)C1. The van der Waals surface area contributed by atoms with Crippen LogP contribution in [0.5, 0.6) is 0 Å².